The predicted molar refractivity (Wildman–Crippen MR) is 46.9 cm³/mol. The van der Waals surface area contributed by atoms with Gasteiger partial charge in [0.2, 0.25) is 0 Å². The molecule has 0 radical (unpaired) electrons. The molecule has 0 heterocycles. The molecular weight excluding hydrogens is 213 g/mol. The van der Waals surface area contributed by atoms with Crippen molar-refractivity contribution in [2.24, 2.45) is 5.92 Å². The molecule has 0 aromatic carbocycles. The van der Waals surface area contributed by atoms with Crippen LogP contribution in [0.2, 0.25) is 0 Å². The van der Waals surface area contributed by atoms with E-state index in [1.807, 2.05) is 0 Å². The van der Waals surface area contributed by atoms with Gasteiger partial charge >= 0.3 is 13.8 Å². The van der Waals surface area contributed by atoms with Crippen LogP contribution >= 0.6 is 7.82 Å². The van der Waals surface area contributed by atoms with E-state index < -0.39 is 19.8 Å². The lowest BCUT2D eigenvalue weighted by molar-refractivity contribution is -0.143. The van der Waals surface area contributed by atoms with Crippen molar-refractivity contribution in [2.75, 3.05) is 7.11 Å². The number of carbonyl (C=O) groups excluding carboxylic acids is 1. The van der Waals surface area contributed by atoms with Crippen LogP contribution in [0.4, 0.5) is 0 Å². The molecule has 0 aliphatic heterocycles. The second kappa shape index (κ2) is 5.43. The molecular formula is C6H14NO6P. The minimum atomic E-state index is -4.78. The van der Waals surface area contributed by atoms with Gasteiger partial charge in [-0.1, -0.05) is 13.8 Å². The van der Waals surface area contributed by atoms with Gasteiger partial charge in [0.15, 0.2) is 0 Å². The van der Waals surface area contributed by atoms with E-state index in [1.165, 1.54) is 7.11 Å². The first kappa shape index (κ1) is 13.5. The first-order valence-corrected chi connectivity index (χ1v) is 5.38. The molecule has 0 spiro atoms. The molecule has 0 fully saturated rings. The quantitative estimate of drug-likeness (QED) is 0.441. The van der Waals surface area contributed by atoms with Crippen LogP contribution in [0.25, 0.3) is 0 Å². The minimum Gasteiger partial charge on any atom is -0.369 e. The average molecular weight is 227 g/mol. The third-order valence-electron chi connectivity index (χ3n) is 1.37. The van der Waals surface area contributed by atoms with Crippen LogP contribution in [-0.4, -0.2) is 28.9 Å². The van der Waals surface area contributed by atoms with E-state index in [0.717, 1.165) is 0 Å². The van der Waals surface area contributed by atoms with E-state index >= 15 is 0 Å². The van der Waals surface area contributed by atoms with Crippen molar-refractivity contribution in [3.63, 3.8) is 0 Å². The van der Waals surface area contributed by atoms with Crippen LogP contribution in [0, 0.1) is 5.92 Å². The molecule has 0 saturated heterocycles. The normalized spacial score (nSPS) is 14.1. The Balaban J connectivity index is 4.37. The third kappa shape index (κ3) is 5.31. The first-order chi connectivity index (χ1) is 6.28. The molecule has 0 aliphatic rings. The Morgan fingerprint density at radius 2 is 1.93 bits per heavy atom. The number of phosphoric ester groups is 1. The molecule has 84 valence electrons. The summed E-state index contributed by atoms with van der Waals surface area (Å²) in [6.07, 6.45) is 0. The molecule has 0 saturated carbocycles. The second-order valence-electron chi connectivity index (χ2n) is 2.94. The van der Waals surface area contributed by atoms with Gasteiger partial charge in [-0.3, -0.25) is 9.79 Å². The molecule has 0 aliphatic carbocycles. The van der Waals surface area contributed by atoms with Crippen LogP contribution < -0.4 is 5.48 Å². The monoisotopic (exact) mass is 227 g/mol. The van der Waals surface area contributed by atoms with Crippen molar-refractivity contribution < 1.29 is 28.5 Å². The van der Waals surface area contributed by atoms with Crippen molar-refractivity contribution in [1.29, 1.82) is 0 Å². The summed E-state index contributed by atoms with van der Waals surface area (Å²) in [5.41, 5.74) is 2.29. The third-order valence-corrected chi connectivity index (χ3v) is 1.79. The van der Waals surface area contributed by atoms with Crippen molar-refractivity contribution >= 4 is 13.8 Å². The van der Waals surface area contributed by atoms with E-state index in [4.69, 9.17) is 9.79 Å². The van der Waals surface area contributed by atoms with E-state index in [2.05, 4.69) is 14.8 Å². The summed E-state index contributed by atoms with van der Waals surface area (Å²) >= 11 is 0. The van der Waals surface area contributed by atoms with Gasteiger partial charge in [-0.15, -0.1) is 0 Å². The SMILES string of the molecule is CONC(C(=O)OP(=O)(O)O)C(C)C. The van der Waals surface area contributed by atoms with Crippen LogP contribution in [0.1, 0.15) is 13.8 Å². The molecule has 8 heteroatoms. The lowest BCUT2D eigenvalue weighted by Gasteiger charge is -2.19. The average Bonchev–Trinajstić information content (AvgIpc) is 1.95. The zero-order chi connectivity index (χ0) is 11.4. The molecule has 1 atom stereocenters. The highest BCUT2D eigenvalue weighted by atomic mass is 31.2. The van der Waals surface area contributed by atoms with Crippen molar-refractivity contribution in [2.45, 2.75) is 19.9 Å². The largest absolute Gasteiger partial charge is 0.527 e. The Bertz CT molecular complexity index is 236. The number of carbonyl (C=O) groups is 1. The smallest absolute Gasteiger partial charge is 0.369 e. The van der Waals surface area contributed by atoms with Crippen LogP contribution in [-0.2, 0) is 18.7 Å². The number of phosphoric acid groups is 1. The highest BCUT2D eigenvalue weighted by Gasteiger charge is 2.29. The summed E-state index contributed by atoms with van der Waals surface area (Å²) in [6, 6.07) is -0.910. The number of hydroxylamine groups is 1. The molecule has 14 heavy (non-hydrogen) atoms. The van der Waals surface area contributed by atoms with E-state index in [1.54, 1.807) is 13.8 Å². The van der Waals surface area contributed by atoms with Crippen LogP contribution in [0.15, 0.2) is 0 Å². The van der Waals surface area contributed by atoms with Gasteiger partial charge in [-0.2, -0.15) is 5.48 Å². The molecule has 0 rings (SSSR count). The van der Waals surface area contributed by atoms with Gasteiger partial charge in [0.25, 0.3) is 0 Å². The van der Waals surface area contributed by atoms with E-state index in [9.17, 15) is 9.36 Å². The Hall–Kier alpha value is -0.460. The molecule has 1 unspecified atom stereocenters. The highest BCUT2D eigenvalue weighted by Crippen LogP contribution is 2.36. The zero-order valence-corrected chi connectivity index (χ0v) is 9.02. The van der Waals surface area contributed by atoms with Gasteiger partial charge in [0.1, 0.15) is 6.04 Å². The number of rotatable bonds is 5. The lowest BCUT2D eigenvalue weighted by Crippen LogP contribution is -2.41. The summed E-state index contributed by atoms with van der Waals surface area (Å²) in [4.78, 5) is 32.4. The van der Waals surface area contributed by atoms with Crippen molar-refractivity contribution in [1.82, 2.24) is 5.48 Å². The zero-order valence-electron chi connectivity index (χ0n) is 8.13. The molecule has 0 amide bonds. The number of hydrogen-bond donors (Lipinski definition) is 3. The summed E-state index contributed by atoms with van der Waals surface area (Å²) in [5.74, 6) is -1.26. The fraction of sp³-hybridized carbons (Fsp3) is 0.833. The Morgan fingerprint density at radius 3 is 2.21 bits per heavy atom. The molecule has 0 aromatic rings. The molecule has 0 bridgehead atoms. The van der Waals surface area contributed by atoms with Crippen LogP contribution in [0.5, 0.6) is 0 Å². The summed E-state index contributed by atoms with van der Waals surface area (Å²) in [5, 5.41) is 0. The maximum atomic E-state index is 11.1. The van der Waals surface area contributed by atoms with Crippen molar-refractivity contribution in [3.05, 3.63) is 0 Å². The lowest BCUT2D eigenvalue weighted by atomic mass is 10.1. The summed E-state index contributed by atoms with van der Waals surface area (Å²) in [6.45, 7) is 3.36. The Kier molecular flexibility index (Phi) is 5.25. The van der Waals surface area contributed by atoms with Gasteiger partial charge in [-0.05, 0) is 5.92 Å². The fourth-order valence-corrected chi connectivity index (χ4v) is 1.11. The van der Waals surface area contributed by atoms with E-state index in [0.29, 0.717) is 0 Å². The Morgan fingerprint density at radius 1 is 1.43 bits per heavy atom. The minimum absolute atomic E-state index is 0.214. The standard InChI is InChI=1S/C6H14NO6P/c1-4(2)5(7-12-3)6(8)13-14(9,10)11/h4-5,7H,1-3H3,(H2,9,10,11). The summed E-state index contributed by atoms with van der Waals surface area (Å²) < 4.78 is 14.3. The van der Waals surface area contributed by atoms with Gasteiger partial charge < -0.3 is 9.36 Å². The van der Waals surface area contributed by atoms with Crippen LogP contribution in [0.3, 0.4) is 0 Å². The maximum Gasteiger partial charge on any atom is 0.527 e. The maximum absolute atomic E-state index is 11.1. The fourth-order valence-electron chi connectivity index (χ4n) is 0.757. The summed E-state index contributed by atoms with van der Waals surface area (Å²) in [7, 11) is -3.49. The van der Waals surface area contributed by atoms with Gasteiger partial charge in [0.05, 0.1) is 7.11 Å². The second-order valence-corrected chi connectivity index (χ2v) is 4.11. The van der Waals surface area contributed by atoms with Gasteiger partial charge in [0, 0.05) is 0 Å². The van der Waals surface area contributed by atoms with Crippen molar-refractivity contribution in [3.8, 4) is 0 Å². The highest BCUT2D eigenvalue weighted by molar-refractivity contribution is 7.46. The topological polar surface area (TPSA) is 105 Å². The number of nitrogens with one attached hydrogen (secondary N) is 1. The predicted octanol–water partition coefficient (Wildman–Crippen LogP) is -0.202. The Labute approximate surface area is 81.6 Å². The number of hydrogen-bond acceptors (Lipinski definition) is 5. The molecule has 7 nitrogen and oxygen atoms in total. The molecule has 3 N–H and O–H groups in total. The first-order valence-electron chi connectivity index (χ1n) is 3.85. The van der Waals surface area contributed by atoms with E-state index in [-0.39, 0.29) is 5.92 Å². The van der Waals surface area contributed by atoms with Gasteiger partial charge in [-0.25, -0.2) is 9.36 Å². The molecule has 0 aromatic heterocycles.